The monoisotopic (exact) mass is 275 g/mol. The van der Waals surface area contributed by atoms with Crippen LogP contribution in [-0.4, -0.2) is 23.7 Å². The van der Waals surface area contributed by atoms with Crippen LogP contribution in [-0.2, 0) is 21.3 Å². The molecule has 0 radical (unpaired) electrons. The van der Waals surface area contributed by atoms with Gasteiger partial charge in [0.1, 0.15) is 0 Å². The standard InChI is InChI=1S/C11H8F3NO4/c12-11(13,14)7-3-1-6(2-4-7)10(8(16)17)5-15-9(18)19-10/h1-4H,5H2,(H,15,18)(H,16,17). The van der Waals surface area contributed by atoms with Gasteiger partial charge in [0, 0.05) is 5.56 Å². The van der Waals surface area contributed by atoms with E-state index in [1.54, 1.807) is 0 Å². The summed E-state index contributed by atoms with van der Waals surface area (Å²) in [7, 11) is 0. The predicted octanol–water partition coefficient (Wildman–Crippen LogP) is 1.73. The summed E-state index contributed by atoms with van der Waals surface area (Å²) >= 11 is 0. The van der Waals surface area contributed by atoms with Gasteiger partial charge in [0.25, 0.3) is 5.60 Å². The number of alkyl halides is 3. The Kier molecular flexibility index (Phi) is 2.88. The SMILES string of the molecule is O=C1NCC(C(=O)O)(c2ccc(C(F)(F)F)cc2)O1. The molecule has 1 unspecified atom stereocenters. The van der Waals surface area contributed by atoms with Crippen LogP contribution in [0.2, 0.25) is 0 Å². The van der Waals surface area contributed by atoms with Gasteiger partial charge in [0.15, 0.2) is 0 Å². The van der Waals surface area contributed by atoms with Crippen molar-refractivity contribution < 1.29 is 32.6 Å². The van der Waals surface area contributed by atoms with Gasteiger partial charge in [-0.3, -0.25) is 0 Å². The molecule has 8 heteroatoms. The lowest BCUT2D eigenvalue weighted by atomic mass is 9.93. The molecule has 2 rings (SSSR count). The van der Waals surface area contributed by atoms with E-state index in [0.717, 1.165) is 24.3 Å². The predicted molar refractivity (Wildman–Crippen MR) is 55.2 cm³/mol. The molecule has 1 aromatic rings. The molecule has 1 amide bonds. The first-order chi connectivity index (χ1) is 8.75. The summed E-state index contributed by atoms with van der Waals surface area (Å²) in [5.41, 5.74) is -2.93. The van der Waals surface area contributed by atoms with Crippen LogP contribution in [0, 0.1) is 0 Å². The fourth-order valence-electron chi connectivity index (χ4n) is 1.76. The van der Waals surface area contributed by atoms with E-state index in [2.05, 4.69) is 5.32 Å². The molecular weight excluding hydrogens is 267 g/mol. The highest BCUT2D eigenvalue weighted by molar-refractivity contribution is 5.86. The number of cyclic esters (lactones) is 1. The van der Waals surface area contributed by atoms with Gasteiger partial charge in [0.05, 0.1) is 12.1 Å². The van der Waals surface area contributed by atoms with Crippen molar-refractivity contribution in [3.8, 4) is 0 Å². The average molecular weight is 275 g/mol. The van der Waals surface area contributed by atoms with Gasteiger partial charge in [-0.1, -0.05) is 12.1 Å². The van der Waals surface area contributed by atoms with Crippen LogP contribution < -0.4 is 5.32 Å². The Hall–Kier alpha value is -2.25. The number of carbonyl (C=O) groups excluding carboxylic acids is 1. The van der Waals surface area contributed by atoms with E-state index in [1.165, 1.54) is 0 Å². The molecule has 1 fully saturated rings. The molecule has 1 atom stereocenters. The van der Waals surface area contributed by atoms with Crippen molar-refractivity contribution in [1.82, 2.24) is 5.32 Å². The maximum absolute atomic E-state index is 12.4. The fraction of sp³-hybridized carbons (Fsp3) is 0.273. The van der Waals surface area contributed by atoms with Crippen LogP contribution >= 0.6 is 0 Å². The molecule has 19 heavy (non-hydrogen) atoms. The highest BCUT2D eigenvalue weighted by Gasteiger charge is 2.49. The molecule has 1 aromatic carbocycles. The lowest BCUT2D eigenvalue weighted by Gasteiger charge is -2.22. The van der Waals surface area contributed by atoms with E-state index in [4.69, 9.17) is 9.84 Å². The summed E-state index contributed by atoms with van der Waals surface area (Å²) in [6.45, 7) is -0.341. The second-order valence-electron chi connectivity index (χ2n) is 3.95. The maximum Gasteiger partial charge on any atom is 0.416 e. The van der Waals surface area contributed by atoms with Gasteiger partial charge < -0.3 is 15.2 Å². The third-order valence-electron chi connectivity index (χ3n) is 2.77. The van der Waals surface area contributed by atoms with Crippen molar-refractivity contribution in [1.29, 1.82) is 0 Å². The van der Waals surface area contributed by atoms with E-state index in [1.807, 2.05) is 0 Å². The number of halogens is 3. The van der Waals surface area contributed by atoms with Crippen molar-refractivity contribution in [2.24, 2.45) is 0 Å². The first-order valence-electron chi connectivity index (χ1n) is 5.14. The van der Waals surface area contributed by atoms with E-state index < -0.39 is 29.4 Å². The van der Waals surface area contributed by atoms with E-state index >= 15 is 0 Å². The summed E-state index contributed by atoms with van der Waals surface area (Å²) in [5, 5.41) is 11.3. The number of ether oxygens (including phenoxy) is 1. The first-order valence-corrected chi connectivity index (χ1v) is 5.14. The minimum absolute atomic E-state index is 0.0358. The number of hydrogen-bond donors (Lipinski definition) is 2. The molecule has 102 valence electrons. The summed E-state index contributed by atoms with van der Waals surface area (Å²) in [6.07, 6.45) is -5.44. The van der Waals surface area contributed by atoms with Gasteiger partial charge in [-0.05, 0) is 12.1 Å². The number of benzene rings is 1. The largest absolute Gasteiger partial charge is 0.478 e. The molecule has 2 N–H and O–H groups in total. The second kappa shape index (κ2) is 4.15. The smallest absolute Gasteiger partial charge is 0.416 e. The molecule has 0 spiro atoms. The summed E-state index contributed by atoms with van der Waals surface area (Å²) < 4.78 is 41.9. The number of carboxylic acids is 1. The van der Waals surface area contributed by atoms with Crippen LogP contribution in [0.1, 0.15) is 11.1 Å². The van der Waals surface area contributed by atoms with Gasteiger partial charge in [-0.25, -0.2) is 9.59 Å². The molecule has 1 aliphatic rings. The Morgan fingerprint density at radius 2 is 1.89 bits per heavy atom. The fourth-order valence-corrected chi connectivity index (χ4v) is 1.76. The number of alkyl carbamates (subject to hydrolysis) is 1. The van der Waals surface area contributed by atoms with E-state index in [-0.39, 0.29) is 12.1 Å². The zero-order valence-corrected chi connectivity index (χ0v) is 9.32. The molecule has 0 saturated carbocycles. The molecule has 1 aliphatic heterocycles. The van der Waals surface area contributed by atoms with Crippen molar-refractivity contribution in [3.05, 3.63) is 35.4 Å². The highest BCUT2D eigenvalue weighted by atomic mass is 19.4. The van der Waals surface area contributed by atoms with Crippen molar-refractivity contribution >= 4 is 12.1 Å². The highest BCUT2D eigenvalue weighted by Crippen LogP contribution is 2.33. The molecule has 0 aromatic heterocycles. The zero-order chi connectivity index (χ0) is 14.3. The zero-order valence-electron chi connectivity index (χ0n) is 9.32. The second-order valence-corrected chi connectivity index (χ2v) is 3.95. The molecule has 0 aliphatic carbocycles. The lowest BCUT2D eigenvalue weighted by molar-refractivity contribution is -0.155. The number of amides is 1. The van der Waals surface area contributed by atoms with Crippen LogP contribution in [0.4, 0.5) is 18.0 Å². The Bertz CT molecular complexity index is 526. The van der Waals surface area contributed by atoms with Crippen LogP contribution in [0.15, 0.2) is 24.3 Å². The minimum Gasteiger partial charge on any atom is -0.478 e. The van der Waals surface area contributed by atoms with Gasteiger partial charge in [0.2, 0.25) is 0 Å². The van der Waals surface area contributed by atoms with E-state index in [0.29, 0.717) is 0 Å². The number of hydrogen-bond acceptors (Lipinski definition) is 3. The number of carboxylic acid groups (broad SMARTS) is 1. The van der Waals surface area contributed by atoms with Crippen molar-refractivity contribution in [3.63, 3.8) is 0 Å². The Labute approximate surface area is 105 Å². The van der Waals surface area contributed by atoms with Gasteiger partial charge >= 0.3 is 18.2 Å². The Balaban J connectivity index is 2.40. The summed E-state index contributed by atoms with van der Waals surface area (Å²) in [5.74, 6) is -1.45. The maximum atomic E-state index is 12.4. The quantitative estimate of drug-likeness (QED) is 0.861. The van der Waals surface area contributed by atoms with Gasteiger partial charge in [-0.15, -0.1) is 0 Å². The lowest BCUT2D eigenvalue weighted by Crippen LogP contribution is -2.39. The third-order valence-corrected chi connectivity index (χ3v) is 2.77. The Morgan fingerprint density at radius 3 is 2.26 bits per heavy atom. The molecule has 0 bridgehead atoms. The first kappa shape index (κ1) is 13.2. The Morgan fingerprint density at radius 1 is 1.32 bits per heavy atom. The number of rotatable bonds is 2. The van der Waals surface area contributed by atoms with Crippen LogP contribution in [0.5, 0.6) is 0 Å². The van der Waals surface area contributed by atoms with Gasteiger partial charge in [-0.2, -0.15) is 13.2 Å². The van der Waals surface area contributed by atoms with Crippen molar-refractivity contribution in [2.75, 3.05) is 6.54 Å². The summed E-state index contributed by atoms with van der Waals surface area (Å²) in [4.78, 5) is 22.2. The number of aliphatic carboxylic acids is 1. The average Bonchev–Trinajstić information content (AvgIpc) is 2.72. The normalized spacial score (nSPS) is 22.8. The third kappa shape index (κ3) is 2.20. The molecular formula is C11H8F3NO4. The minimum atomic E-state index is -4.51. The van der Waals surface area contributed by atoms with E-state index in [9.17, 15) is 22.8 Å². The molecule has 1 heterocycles. The van der Waals surface area contributed by atoms with Crippen LogP contribution in [0.3, 0.4) is 0 Å². The summed E-state index contributed by atoms with van der Waals surface area (Å²) in [6, 6.07) is 3.45. The number of carbonyl (C=O) groups is 2. The number of nitrogens with one attached hydrogen (secondary N) is 1. The molecule has 5 nitrogen and oxygen atoms in total. The molecule has 1 saturated heterocycles. The topological polar surface area (TPSA) is 75.6 Å². The van der Waals surface area contributed by atoms with Crippen LogP contribution in [0.25, 0.3) is 0 Å². The van der Waals surface area contributed by atoms with Crippen molar-refractivity contribution in [2.45, 2.75) is 11.8 Å².